The normalized spacial score (nSPS) is 13.5. The number of rotatable bonds is 4. The van der Waals surface area contributed by atoms with Crippen molar-refractivity contribution in [3.05, 3.63) is 12.7 Å². The molecule has 0 saturated heterocycles. The van der Waals surface area contributed by atoms with Crippen LogP contribution >= 0.6 is 0 Å². The first-order valence-electron chi connectivity index (χ1n) is 4.71. The van der Waals surface area contributed by atoms with Gasteiger partial charge in [0.15, 0.2) is 0 Å². The number of hydrogen-bond acceptors (Lipinski definition) is 2. The van der Waals surface area contributed by atoms with E-state index in [-0.39, 0.29) is 17.3 Å². The lowest BCUT2D eigenvalue weighted by molar-refractivity contribution is -0.151. The molecule has 0 fully saturated rings. The van der Waals surface area contributed by atoms with Crippen molar-refractivity contribution in [1.29, 1.82) is 0 Å². The lowest BCUT2D eigenvalue weighted by Crippen LogP contribution is -2.29. The van der Waals surface area contributed by atoms with E-state index in [1.54, 1.807) is 6.08 Å². The van der Waals surface area contributed by atoms with Crippen LogP contribution in [0.25, 0.3) is 0 Å². The molecule has 0 rings (SSSR count). The van der Waals surface area contributed by atoms with Crippen LogP contribution in [0, 0.1) is 11.3 Å². The van der Waals surface area contributed by atoms with Crippen LogP contribution in [0.1, 0.15) is 34.1 Å². The zero-order chi connectivity index (χ0) is 10.5. The summed E-state index contributed by atoms with van der Waals surface area (Å²) in [5, 5.41) is 0. The van der Waals surface area contributed by atoms with Crippen molar-refractivity contribution >= 4 is 5.97 Å². The molecule has 2 heteroatoms. The van der Waals surface area contributed by atoms with Crippen molar-refractivity contribution in [1.82, 2.24) is 0 Å². The van der Waals surface area contributed by atoms with Crippen molar-refractivity contribution in [2.24, 2.45) is 11.3 Å². The molecule has 0 amide bonds. The molecule has 0 aromatic carbocycles. The molecule has 1 atom stereocenters. The number of esters is 1. The van der Waals surface area contributed by atoms with Crippen LogP contribution < -0.4 is 0 Å². The average molecular weight is 184 g/mol. The molecule has 0 bridgehead atoms. The van der Waals surface area contributed by atoms with Gasteiger partial charge < -0.3 is 4.74 Å². The van der Waals surface area contributed by atoms with E-state index in [0.29, 0.717) is 13.0 Å². The van der Waals surface area contributed by atoms with Crippen molar-refractivity contribution in [2.75, 3.05) is 6.61 Å². The highest BCUT2D eigenvalue weighted by Gasteiger charge is 2.30. The van der Waals surface area contributed by atoms with E-state index in [9.17, 15) is 4.79 Å². The first-order valence-corrected chi connectivity index (χ1v) is 4.71. The summed E-state index contributed by atoms with van der Waals surface area (Å²) in [5.41, 5.74) is -0.0551. The van der Waals surface area contributed by atoms with Crippen LogP contribution in [-0.2, 0) is 9.53 Å². The van der Waals surface area contributed by atoms with Gasteiger partial charge >= 0.3 is 5.97 Å². The fourth-order valence-corrected chi connectivity index (χ4v) is 1.21. The third kappa shape index (κ3) is 4.11. The lowest BCUT2D eigenvalue weighted by atomic mass is 9.79. The monoisotopic (exact) mass is 184 g/mol. The molecule has 0 spiro atoms. The molecule has 0 aromatic heterocycles. The summed E-state index contributed by atoms with van der Waals surface area (Å²) in [6.07, 6.45) is 2.45. The van der Waals surface area contributed by atoms with Gasteiger partial charge in [0.1, 0.15) is 0 Å². The summed E-state index contributed by atoms with van der Waals surface area (Å²) >= 11 is 0. The molecular weight excluding hydrogens is 164 g/mol. The smallest absolute Gasteiger partial charge is 0.309 e. The maximum atomic E-state index is 11.5. The van der Waals surface area contributed by atoms with E-state index in [1.165, 1.54) is 0 Å². The van der Waals surface area contributed by atoms with Crippen molar-refractivity contribution < 1.29 is 9.53 Å². The van der Waals surface area contributed by atoms with Crippen LogP contribution in [0.3, 0.4) is 0 Å². The van der Waals surface area contributed by atoms with Gasteiger partial charge in [0.25, 0.3) is 0 Å². The summed E-state index contributed by atoms with van der Waals surface area (Å²) in [5.74, 6) is -0.195. The Bertz CT molecular complexity index is 177. The molecule has 0 aromatic rings. The largest absolute Gasteiger partial charge is 0.466 e. The van der Waals surface area contributed by atoms with Gasteiger partial charge in [-0.15, -0.1) is 6.58 Å². The van der Waals surface area contributed by atoms with Crippen LogP contribution in [0.15, 0.2) is 12.7 Å². The highest BCUT2D eigenvalue weighted by molar-refractivity contribution is 5.73. The first kappa shape index (κ1) is 12.2. The Labute approximate surface area is 81.0 Å². The summed E-state index contributed by atoms with van der Waals surface area (Å²) in [6.45, 7) is 12.0. The Balaban J connectivity index is 4.41. The molecule has 2 nitrogen and oxygen atoms in total. The third-order valence-electron chi connectivity index (χ3n) is 2.02. The molecule has 0 aliphatic rings. The minimum atomic E-state index is -0.116. The van der Waals surface area contributed by atoms with E-state index in [1.807, 2.05) is 27.7 Å². The van der Waals surface area contributed by atoms with Gasteiger partial charge in [-0.05, 0) is 18.8 Å². The fraction of sp³-hybridized carbons (Fsp3) is 0.727. The molecule has 0 unspecified atom stereocenters. The maximum absolute atomic E-state index is 11.5. The van der Waals surface area contributed by atoms with Crippen LogP contribution in [0.4, 0.5) is 0 Å². The van der Waals surface area contributed by atoms with E-state index >= 15 is 0 Å². The molecule has 0 N–H and O–H groups in total. The van der Waals surface area contributed by atoms with Gasteiger partial charge in [0.05, 0.1) is 12.5 Å². The summed E-state index contributed by atoms with van der Waals surface area (Å²) < 4.78 is 5.00. The number of carbonyl (C=O) groups excluding carboxylic acids is 1. The van der Waals surface area contributed by atoms with Gasteiger partial charge in [-0.25, -0.2) is 0 Å². The molecule has 13 heavy (non-hydrogen) atoms. The van der Waals surface area contributed by atoms with Crippen molar-refractivity contribution in [2.45, 2.75) is 34.1 Å². The number of allylic oxidation sites excluding steroid dienone is 1. The summed E-state index contributed by atoms with van der Waals surface area (Å²) in [6, 6.07) is 0. The molecule has 0 radical (unpaired) electrons. The molecule has 76 valence electrons. The zero-order valence-electron chi connectivity index (χ0n) is 9.09. The van der Waals surface area contributed by atoms with Crippen LogP contribution in [-0.4, -0.2) is 12.6 Å². The maximum Gasteiger partial charge on any atom is 0.309 e. The van der Waals surface area contributed by atoms with Crippen LogP contribution in [0.5, 0.6) is 0 Å². The van der Waals surface area contributed by atoms with Crippen LogP contribution in [0.2, 0.25) is 0 Å². The van der Waals surface area contributed by atoms with E-state index in [0.717, 1.165) is 0 Å². The second kappa shape index (κ2) is 5.05. The molecule has 0 aliphatic heterocycles. The Kier molecular flexibility index (Phi) is 4.74. The van der Waals surface area contributed by atoms with Crippen molar-refractivity contribution in [3.63, 3.8) is 0 Å². The van der Waals surface area contributed by atoms with E-state index in [2.05, 4.69) is 6.58 Å². The molecular formula is C11H20O2. The predicted molar refractivity (Wildman–Crippen MR) is 54.4 cm³/mol. The first-order chi connectivity index (χ1) is 5.93. The summed E-state index contributed by atoms with van der Waals surface area (Å²) in [7, 11) is 0. The number of carbonyl (C=O) groups is 1. The minimum Gasteiger partial charge on any atom is -0.466 e. The van der Waals surface area contributed by atoms with E-state index < -0.39 is 0 Å². The summed E-state index contributed by atoms with van der Waals surface area (Å²) in [4.78, 5) is 11.5. The zero-order valence-corrected chi connectivity index (χ0v) is 9.09. The number of ether oxygens (including phenoxy) is 1. The second-order valence-electron chi connectivity index (χ2n) is 4.20. The minimum absolute atomic E-state index is 0.0551. The second-order valence-corrected chi connectivity index (χ2v) is 4.20. The number of hydrogen-bond donors (Lipinski definition) is 0. The quantitative estimate of drug-likeness (QED) is 0.496. The predicted octanol–water partition coefficient (Wildman–Crippen LogP) is 2.79. The Hall–Kier alpha value is -0.790. The van der Waals surface area contributed by atoms with Gasteiger partial charge in [-0.3, -0.25) is 4.79 Å². The Morgan fingerprint density at radius 3 is 2.38 bits per heavy atom. The molecule has 0 aliphatic carbocycles. The van der Waals surface area contributed by atoms with Gasteiger partial charge in [-0.2, -0.15) is 0 Å². The highest BCUT2D eigenvalue weighted by atomic mass is 16.5. The topological polar surface area (TPSA) is 26.3 Å². The lowest BCUT2D eigenvalue weighted by Gasteiger charge is -2.27. The Morgan fingerprint density at radius 1 is 1.54 bits per heavy atom. The van der Waals surface area contributed by atoms with Gasteiger partial charge in [-0.1, -0.05) is 26.8 Å². The highest BCUT2D eigenvalue weighted by Crippen LogP contribution is 2.29. The van der Waals surface area contributed by atoms with Gasteiger partial charge in [0, 0.05) is 0 Å². The molecule has 0 heterocycles. The standard InChI is InChI=1S/C11H20O2/c1-6-8-9(11(3,4)5)10(12)13-7-2/h6,9H,1,7-8H2,2-5H3/t9-/m1/s1. The van der Waals surface area contributed by atoms with Crippen molar-refractivity contribution in [3.8, 4) is 0 Å². The van der Waals surface area contributed by atoms with Gasteiger partial charge in [0.2, 0.25) is 0 Å². The molecule has 0 saturated carbocycles. The average Bonchev–Trinajstić information content (AvgIpc) is 1.98. The Morgan fingerprint density at radius 2 is 2.08 bits per heavy atom. The SMILES string of the molecule is C=CC[C@H](C(=O)OCC)C(C)(C)C. The third-order valence-corrected chi connectivity index (χ3v) is 2.02. The fourth-order valence-electron chi connectivity index (χ4n) is 1.21. The van der Waals surface area contributed by atoms with E-state index in [4.69, 9.17) is 4.74 Å².